The lowest BCUT2D eigenvalue weighted by molar-refractivity contribution is -0.192. The Morgan fingerprint density at radius 2 is 1.90 bits per heavy atom. The van der Waals surface area contributed by atoms with Gasteiger partial charge in [-0.05, 0) is 17.2 Å². The van der Waals surface area contributed by atoms with Crippen LogP contribution < -0.4 is 5.32 Å². The van der Waals surface area contributed by atoms with Crippen molar-refractivity contribution < 1.29 is 27.6 Å². The summed E-state index contributed by atoms with van der Waals surface area (Å²) in [6.07, 6.45) is -3.49. The molecule has 21 heavy (non-hydrogen) atoms. The summed E-state index contributed by atoms with van der Waals surface area (Å²) in [5.74, 6) is -2.76. The summed E-state index contributed by atoms with van der Waals surface area (Å²) in [5, 5.41) is 14.4. The van der Waals surface area contributed by atoms with Gasteiger partial charge in [-0.2, -0.15) is 13.2 Å². The highest BCUT2D eigenvalue weighted by Crippen LogP contribution is 2.23. The molecule has 1 aliphatic rings. The van der Waals surface area contributed by atoms with Gasteiger partial charge < -0.3 is 14.9 Å². The number of carboxylic acids is 1. The second-order valence-electron chi connectivity index (χ2n) is 4.27. The number of aromatic nitrogens is 1. The molecule has 0 amide bonds. The monoisotopic (exact) mass is 300 g/mol. The number of carboxylic acid groups (broad SMARTS) is 1. The van der Waals surface area contributed by atoms with Crippen LogP contribution in [0.4, 0.5) is 13.2 Å². The average Bonchev–Trinajstić information content (AvgIpc) is 3.09. The molecule has 0 saturated carbocycles. The lowest BCUT2D eigenvalue weighted by Gasteiger charge is -2.00. The zero-order chi connectivity index (χ0) is 15.5. The lowest BCUT2D eigenvalue weighted by Crippen LogP contribution is -2.21. The predicted octanol–water partition coefficient (Wildman–Crippen LogP) is 2.58. The summed E-state index contributed by atoms with van der Waals surface area (Å²) in [6, 6.07) is 8.29. The molecule has 1 aromatic heterocycles. The number of rotatable bonds is 1. The second kappa shape index (κ2) is 5.96. The van der Waals surface area contributed by atoms with E-state index in [1.165, 1.54) is 11.1 Å². The number of carbonyl (C=O) groups is 1. The van der Waals surface area contributed by atoms with Crippen molar-refractivity contribution in [3.63, 3.8) is 0 Å². The Hall–Kier alpha value is -2.35. The van der Waals surface area contributed by atoms with E-state index in [0.29, 0.717) is 0 Å². The molecule has 5 nitrogen and oxygen atoms in total. The quantitative estimate of drug-likeness (QED) is 0.846. The first-order valence-electron chi connectivity index (χ1n) is 5.91. The van der Waals surface area contributed by atoms with Crippen LogP contribution in [-0.2, 0) is 17.9 Å². The van der Waals surface area contributed by atoms with Gasteiger partial charge in [-0.25, -0.2) is 4.79 Å². The van der Waals surface area contributed by atoms with Crippen molar-refractivity contribution >= 4 is 5.97 Å². The van der Waals surface area contributed by atoms with Crippen molar-refractivity contribution in [2.45, 2.75) is 19.3 Å². The van der Waals surface area contributed by atoms with Gasteiger partial charge in [-0.3, -0.25) is 0 Å². The number of alkyl halides is 3. The van der Waals surface area contributed by atoms with Crippen LogP contribution in [0.3, 0.4) is 0 Å². The van der Waals surface area contributed by atoms with Gasteiger partial charge in [-0.15, -0.1) is 0 Å². The minimum absolute atomic E-state index is 0.903. The van der Waals surface area contributed by atoms with Crippen molar-refractivity contribution in [2.24, 2.45) is 0 Å². The normalized spacial score (nSPS) is 13.3. The number of hydrogen-bond donors (Lipinski definition) is 2. The smallest absolute Gasteiger partial charge is 0.475 e. The van der Waals surface area contributed by atoms with E-state index in [-0.39, 0.29) is 0 Å². The van der Waals surface area contributed by atoms with Crippen molar-refractivity contribution in [3.8, 4) is 11.3 Å². The molecule has 2 aromatic rings. The van der Waals surface area contributed by atoms with E-state index < -0.39 is 12.1 Å². The van der Waals surface area contributed by atoms with Gasteiger partial charge in [0.25, 0.3) is 0 Å². The van der Waals surface area contributed by atoms with Gasteiger partial charge in [0.15, 0.2) is 0 Å². The van der Waals surface area contributed by atoms with Gasteiger partial charge in [0.2, 0.25) is 0 Å². The van der Waals surface area contributed by atoms with E-state index in [2.05, 4.69) is 28.7 Å². The first-order valence-corrected chi connectivity index (χ1v) is 5.91. The number of aliphatic carboxylic acids is 1. The maximum atomic E-state index is 10.6. The average molecular weight is 300 g/mol. The molecule has 0 saturated heterocycles. The highest BCUT2D eigenvalue weighted by Gasteiger charge is 2.38. The first kappa shape index (κ1) is 15.0. The van der Waals surface area contributed by atoms with Crippen LogP contribution in [0.15, 0.2) is 35.1 Å². The van der Waals surface area contributed by atoms with E-state index in [0.717, 1.165) is 24.3 Å². The van der Waals surface area contributed by atoms with Crippen molar-refractivity contribution in [3.05, 3.63) is 41.7 Å². The molecule has 112 valence electrons. The van der Waals surface area contributed by atoms with Gasteiger partial charge >= 0.3 is 12.1 Å². The fraction of sp³-hybridized carbons (Fsp3) is 0.231. The molecule has 0 radical (unpaired) electrons. The Kier molecular flexibility index (Phi) is 4.27. The van der Waals surface area contributed by atoms with Gasteiger partial charge in [-0.1, -0.05) is 17.3 Å². The number of benzene rings is 1. The Balaban J connectivity index is 0.000000199. The van der Waals surface area contributed by atoms with Crippen molar-refractivity contribution in [2.75, 3.05) is 0 Å². The molecule has 0 atom stereocenters. The summed E-state index contributed by atoms with van der Waals surface area (Å²) in [7, 11) is 0. The Morgan fingerprint density at radius 3 is 2.48 bits per heavy atom. The second-order valence-corrected chi connectivity index (χ2v) is 4.27. The third kappa shape index (κ3) is 3.82. The number of nitrogens with zero attached hydrogens (tertiary/aromatic N) is 1. The van der Waals surface area contributed by atoms with E-state index in [4.69, 9.17) is 14.4 Å². The molecule has 2 N–H and O–H groups in total. The highest BCUT2D eigenvalue weighted by atomic mass is 19.4. The minimum atomic E-state index is -5.08. The van der Waals surface area contributed by atoms with E-state index >= 15 is 0 Å². The Bertz CT molecular complexity index is 624. The number of hydrogen-bond acceptors (Lipinski definition) is 4. The number of halogens is 3. The van der Waals surface area contributed by atoms with Crippen LogP contribution in [0.2, 0.25) is 0 Å². The third-order valence-corrected chi connectivity index (χ3v) is 2.81. The number of nitrogens with one attached hydrogen (secondary N) is 1. The summed E-state index contributed by atoms with van der Waals surface area (Å²) in [5.41, 5.74) is 4.78. The van der Waals surface area contributed by atoms with Crippen LogP contribution >= 0.6 is 0 Å². The molecule has 1 aliphatic heterocycles. The van der Waals surface area contributed by atoms with E-state index in [1.54, 1.807) is 6.26 Å². The molecule has 0 bridgehead atoms. The number of fused-ring (bicyclic) bond motifs is 1. The summed E-state index contributed by atoms with van der Waals surface area (Å²) < 4.78 is 36.6. The zero-order valence-corrected chi connectivity index (χ0v) is 10.6. The first-order chi connectivity index (χ1) is 9.88. The Labute approximate surface area is 117 Å². The van der Waals surface area contributed by atoms with Crippen LogP contribution in [-0.4, -0.2) is 22.4 Å². The molecule has 8 heteroatoms. The predicted molar refractivity (Wildman–Crippen MR) is 66.2 cm³/mol. The topological polar surface area (TPSA) is 75.4 Å². The zero-order valence-electron chi connectivity index (χ0n) is 10.6. The van der Waals surface area contributed by atoms with Crippen molar-refractivity contribution in [1.82, 2.24) is 10.5 Å². The van der Waals surface area contributed by atoms with Crippen LogP contribution in [0, 0.1) is 0 Å². The lowest BCUT2D eigenvalue weighted by atomic mass is 10.0. The molecule has 1 aromatic carbocycles. The molecule has 0 fully saturated rings. The molecule has 2 heterocycles. The molecule has 0 unspecified atom stereocenters. The largest absolute Gasteiger partial charge is 0.490 e. The van der Waals surface area contributed by atoms with E-state index in [9.17, 15) is 13.2 Å². The third-order valence-electron chi connectivity index (χ3n) is 2.81. The standard InChI is InChI=1S/C11H10N2O.C2HF3O2/c1-2-9-6-12-7-10(9)5-8(1)11-3-4-14-13-11;3-2(4,5)1(6)7/h1-5,12H,6-7H2;(H,6,7). The fourth-order valence-electron chi connectivity index (χ4n) is 1.82. The van der Waals surface area contributed by atoms with Crippen LogP contribution in [0.1, 0.15) is 11.1 Å². The van der Waals surface area contributed by atoms with Gasteiger partial charge in [0.05, 0.1) is 0 Å². The molecule has 0 aliphatic carbocycles. The fourth-order valence-corrected chi connectivity index (χ4v) is 1.82. The summed E-state index contributed by atoms with van der Waals surface area (Å²) in [6.45, 7) is 1.94. The summed E-state index contributed by atoms with van der Waals surface area (Å²) >= 11 is 0. The minimum Gasteiger partial charge on any atom is -0.475 e. The molecular formula is C13H11F3N2O3. The van der Waals surface area contributed by atoms with Crippen LogP contribution in [0.5, 0.6) is 0 Å². The van der Waals surface area contributed by atoms with E-state index in [1.807, 2.05) is 6.07 Å². The van der Waals surface area contributed by atoms with Crippen molar-refractivity contribution in [1.29, 1.82) is 0 Å². The highest BCUT2D eigenvalue weighted by molar-refractivity contribution is 5.73. The summed E-state index contributed by atoms with van der Waals surface area (Å²) in [4.78, 5) is 8.90. The van der Waals surface area contributed by atoms with Gasteiger partial charge in [0.1, 0.15) is 12.0 Å². The maximum absolute atomic E-state index is 10.6. The van der Waals surface area contributed by atoms with Gasteiger partial charge in [0, 0.05) is 24.7 Å². The molecule has 0 spiro atoms. The maximum Gasteiger partial charge on any atom is 0.490 e. The molecule has 3 rings (SSSR count). The van der Waals surface area contributed by atoms with Crippen LogP contribution in [0.25, 0.3) is 11.3 Å². The molecular weight excluding hydrogens is 289 g/mol. The SMILES string of the molecule is O=C(O)C(F)(F)F.c1cc(-c2ccc3c(c2)CNC3)no1. The Morgan fingerprint density at radius 1 is 1.24 bits per heavy atom.